The van der Waals surface area contributed by atoms with Crippen molar-refractivity contribution >= 4 is 28.4 Å². The summed E-state index contributed by atoms with van der Waals surface area (Å²) in [4.78, 5) is 11.2. The molecular formula is C13H15IO. The van der Waals surface area contributed by atoms with Crippen molar-refractivity contribution in [1.82, 2.24) is 0 Å². The fourth-order valence-corrected chi connectivity index (χ4v) is 3.46. The third-order valence-electron chi connectivity index (χ3n) is 3.22. The van der Waals surface area contributed by atoms with E-state index in [1.165, 1.54) is 14.7 Å². The number of hydrogen-bond acceptors (Lipinski definition) is 1. The molecule has 0 unspecified atom stereocenters. The molecule has 2 heteroatoms. The first-order valence-corrected chi connectivity index (χ1v) is 6.53. The molecule has 0 aliphatic heterocycles. The van der Waals surface area contributed by atoms with Gasteiger partial charge in [-0.15, -0.1) is 0 Å². The maximum absolute atomic E-state index is 11.2. The van der Waals surface area contributed by atoms with Gasteiger partial charge >= 0.3 is 0 Å². The first kappa shape index (κ1) is 11.1. The van der Waals surface area contributed by atoms with Crippen LogP contribution >= 0.6 is 22.6 Å². The average molecular weight is 314 g/mol. The number of carbonyl (C=O) groups is 1. The molecule has 0 bridgehead atoms. The van der Waals surface area contributed by atoms with Gasteiger partial charge in [0.2, 0.25) is 0 Å². The van der Waals surface area contributed by atoms with Crippen molar-refractivity contribution in [3.63, 3.8) is 0 Å². The van der Waals surface area contributed by atoms with E-state index in [1.807, 2.05) is 0 Å². The lowest BCUT2D eigenvalue weighted by Gasteiger charge is -2.24. The van der Waals surface area contributed by atoms with Gasteiger partial charge in [0.1, 0.15) is 5.78 Å². The van der Waals surface area contributed by atoms with Crippen LogP contribution in [0, 0.1) is 10.5 Å². The molecule has 0 aromatic heterocycles. The van der Waals surface area contributed by atoms with Gasteiger partial charge in [0, 0.05) is 16.4 Å². The molecule has 0 saturated heterocycles. The molecule has 0 radical (unpaired) electrons. The molecule has 1 saturated carbocycles. The van der Waals surface area contributed by atoms with E-state index in [4.69, 9.17) is 0 Å². The zero-order valence-electron chi connectivity index (χ0n) is 8.92. The fraction of sp³-hybridized carbons (Fsp3) is 0.462. The average Bonchev–Trinajstić information content (AvgIpc) is 2.20. The van der Waals surface area contributed by atoms with Crippen LogP contribution in [0.3, 0.4) is 0 Å². The van der Waals surface area contributed by atoms with Gasteiger partial charge in [0.05, 0.1) is 0 Å². The van der Waals surface area contributed by atoms with E-state index in [-0.39, 0.29) is 0 Å². The van der Waals surface area contributed by atoms with Crippen LogP contribution in [0.15, 0.2) is 18.2 Å². The molecule has 0 atom stereocenters. The summed E-state index contributed by atoms with van der Waals surface area (Å²) in [6.45, 7) is 2.17. The van der Waals surface area contributed by atoms with Crippen LogP contribution in [-0.2, 0) is 4.79 Å². The first-order chi connectivity index (χ1) is 7.18. The second kappa shape index (κ2) is 4.64. The number of carbonyl (C=O) groups excluding carboxylic acids is 1. The largest absolute Gasteiger partial charge is 0.300 e. The fourth-order valence-electron chi connectivity index (χ4n) is 2.39. The topological polar surface area (TPSA) is 17.1 Å². The molecule has 1 aromatic rings. The maximum atomic E-state index is 11.2. The Kier molecular flexibility index (Phi) is 3.44. The van der Waals surface area contributed by atoms with E-state index in [0.29, 0.717) is 11.7 Å². The summed E-state index contributed by atoms with van der Waals surface area (Å²) in [5.74, 6) is 1.05. The van der Waals surface area contributed by atoms with E-state index in [0.717, 1.165) is 25.7 Å². The minimum absolute atomic E-state index is 0.440. The van der Waals surface area contributed by atoms with E-state index >= 15 is 0 Å². The molecule has 80 valence electrons. The van der Waals surface area contributed by atoms with E-state index in [2.05, 4.69) is 47.7 Å². The summed E-state index contributed by atoms with van der Waals surface area (Å²) in [6, 6.07) is 6.45. The van der Waals surface area contributed by atoms with Crippen molar-refractivity contribution in [2.75, 3.05) is 0 Å². The van der Waals surface area contributed by atoms with Crippen LogP contribution in [0.25, 0.3) is 0 Å². The van der Waals surface area contributed by atoms with Crippen LogP contribution < -0.4 is 0 Å². The lowest BCUT2D eigenvalue weighted by Crippen LogP contribution is -2.14. The Morgan fingerprint density at radius 3 is 2.53 bits per heavy atom. The van der Waals surface area contributed by atoms with Crippen LogP contribution in [0.5, 0.6) is 0 Å². The molecule has 1 fully saturated rings. The molecular weight excluding hydrogens is 299 g/mol. The van der Waals surface area contributed by atoms with Gasteiger partial charge in [-0.05, 0) is 65.5 Å². The summed E-state index contributed by atoms with van der Waals surface area (Å²) in [5.41, 5.74) is 2.85. The van der Waals surface area contributed by atoms with Gasteiger partial charge in [-0.25, -0.2) is 0 Å². The number of ketones is 1. The SMILES string of the molecule is Cc1cccc(I)c1C1CCC(=O)CC1. The van der Waals surface area contributed by atoms with Gasteiger partial charge in [-0.2, -0.15) is 0 Å². The number of benzene rings is 1. The van der Waals surface area contributed by atoms with Gasteiger partial charge in [0.15, 0.2) is 0 Å². The minimum atomic E-state index is 0.440. The number of Topliss-reactive ketones (excluding diaryl/α,β-unsaturated/α-hetero) is 1. The van der Waals surface area contributed by atoms with Gasteiger partial charge in [-0.3, -0.25) is 4.79 Å². The zero-order valence-corrected chi connectivity index (χ0v) is 11.1. The molecule has 1 aliphatic carbocycles. The Balaban J connectivity index is 2.26. The summed E-state index contributed by atoms with van der Waals surface area (Å²) < 4.78 is 1.35. The van der Waals surface area contributed by atoms with Crippen molar-refractivity contribution in [2.45, 2.75) is 38.5 Å². The lowest BCUT2D eigenvalue weighted by atomic mass is 9.82. The molecule has 1 aromatic carbocycles. The van der Waals surface area contributed by atoms with E-state index < -0.39 is 0 Å². The smallest absolute Gasteiger partial charge is 0.132 e. The van der Waals surface area contributed by atoms with Crippen LogP contribution in [-0.4, -0.2) is 5.78 Å². The minimum Gasteiger partial charge on any atom is -0.300 e. The maximum Gasteiger partial charge on any atom is 0.132 e. The first-order valence-electron chi connectivity index (χ1n) is 5.45. The molecule has 1 nitrogen and oxygen atoms in total. The van der Waals surface area contributed by atoms with Crippen molar-refractivity contribution < 1.29 is 4.79 Å². The third-order valence-corrected chi connectivity index (χ3v) is 4.16. The van der Waals surface area contributed by atoms with Gasteiger partial charge in [0.25, 0.3) is 0 Å². The predicted molar refractivity (Wildman–Crippen MR) is 70.1 cm³/mol. The Labute approximate surface area is 104 Å². The quantitative estimate of drug-likeness (QED) is 0.720. The highest BCUT2D eigenvalue weighted by molar-refractivity contribution is 14.1. The molecule has 0 N–H and O–H groups in total. The summed E-state index contributed by atoms with van der Waals surface area (Å²) in [7, 11) is 0. The predicted octanol–water partition coefficient (Wildman–Crippen LogP) is 3.83. The Hall–Kier alpha value is -0.380. The monoisotopic (exact) mass is 314 g/mol. The number of halogens is 1. The summed E-state index contributed by atoms with van der Waals surface area (Å²) in [5, 5.41) is 0. The van der Waals surface area contributed by atoms with Crippen LogP contribution in [0.1, 0.15) is 42.7 Å². The highest BCUT2D eigenvalue weighted by Crippen LogP contribution is 2.35. The highest BCUT2D eigenvalue weighted by Gasteiger charge is 2.22. The molecule has 2 rings (SSSR count). The number of rotatable bonds is 1. The second-order valence-electron chi connectivity index (χ2n) is 4.28. The standard InChI is InChI=1S/C13H15IO/c1-9-3-2-4-12(14)13(9)10-5-7-11(15)8-6-10/h2-4,10H,5-8H2,1H3. The number of aryl methyl sites for hydroxylation is 1. The van der Waals surface area contributed by atoms with E-state index in [1.54, 1.807) is 0 Å². The Morgan fingerprint density at radius 2 is 1.93 bits per heavy atom. The highest BCUT2D eigenvalue weighted by atomic mass is 127. The second-order valence-corrected chi connectivity index (χ2v) is 5.45. The summed E-state index contributed by atoms with van der Waals surface area (Å²) >= 11 is 2.41. The zero-order chi connectivity index (χ0) is 10.8. The van der Waals surface area contributed by atoms with Crippen molar-refractivity contribution in [1.29, 1.82) is 0 Å². The Morgan fingerprint density at radius 1 is 1.27 bits per heavy atom. The van der Waals surface area contributed by atoms with Gasteiger partial charge in [-0.1, -0.05) is 12.1 Å². The van der Waals surface area contributed by atoms with Crippen molar-refractivity contribution in [3.05, 3.63) is 32.9 Å². The normalized spacial score (nSPS) is 18.1. The molecule has 0 spiro atoms. The van der Waals surface area contributed by atoms with Crippen molar-refractivity contribution in [3.8, 4) is 0 Å². The van der Waals surface area contributed by atoms with Crippen LogP contribution in [0.4, 0.5) is 0 Å². The summed E-state index contributed by atoms with van der Waals surface area (Å²) in [6.07, 6.45) is 3.63. The third kappa shape index (κ3) is 2.41. The molecule has 0 heterocycles. The van der Waals surface area contributed by atoms with Crippen LogP contribution in [0.2, 0.25) is 0 Å². The number of hydrogen-bond donors (Lipinski definition) is 0. The Bertz CT molecular complexity index is 354. The molecule has 1 aliphatic rings. The molecule has 0 amide bonds. The lowest BCUT2D eigenvalue weighted by molar-refractivity contribution is -0.120. The van der Waals surface area contributed by atoms with Crippen molar-refractivity contribution in [2.24, 2.45) is 0 Å². The molecule has 15 heavy (non-hydrogen) atoms. The van der Waals surface area contributed by atoms with E-state index in [9.17, 15) is 4.79 Å². The van der Waals surface area contributed by atoms with Gasteiger partial charge < -0.3 is 0 Å².